The lowest BCUT2D eigenvalue weighted by atomic mass is 10.2. The van der Waals surface area contributed by atoms with Gasteiger partial charge in [-0.3, -0.25) is 14.5 Å². The van der Waals surface area contributed by atoms with Crippen LogP contribution in [-0.2, 0) is 9.59 Å². The van der Waals surface area contributed by atoms with Gasteiger partial charge in [0.2, 0.25) is 5.91 Å². The van der Waals surface area contributed by atoms with Crippen molar-refractivity contribution in [1.29, 1.82) is 0 Å². The molecular weight excluding hydrogens is 344 g/mol. The highest BCUT2D eigenvalue weighted by Gasteiger charge is 2.36. The standard InChI is InChI=1S/C20H24N4O3/c1-13(20(26)27)23(15-9-10-15)12-19(25)21-18-11-17(14-7-8-14)22-24(18)16-5-3-2-4-6-16/h2-6,11,13-15H,7-10,12H2,1H3,(H,21,25)(H,26,27). The number of benzene rings is 1. The van der Waals surface area contributed by atoms with Crippen LogP contribution in [0.5, 0.6) is 0 Å². The van der Waals surface area contributed by atoms with Crippen LogP contribution in [-0.4, -0.2) is 50.3 Å². The van der Waals surface area contributed by atoms with E-state index < -0.39 is 12.0 Å². The van der Waals surface area contributed by atoms with E-state index in [0.717, 1.165) is 37.1 Å². The fraction of sp³-hybridized carbons (Fsp3) is 0.450. The number of nitrogens with one attached hydrogen (secondary N) is 1. The van der Waals surface area contributed by atoms with Gasteiger partial charge >= 0.3 is 5.97 Å². The van der Waals surface area contributed by atoms with Gasteiger partial charge < -0.3 is 10.4 Å². The molecule has 4 rings (SSSR count). The Kier molecular flexibility index (Phi) is 4.70. The summed E-state index contributed by atoms with van der Waals surface area (Å²) >= 11 is 0. The van der Waals surface area contributed by atoms with Gasteiger partial charge in [-0.2, -0.15) is 5.10 Å². The maximum Gasteiger partial charge on any atom is 0.320 e. The average molecular weight is 368 g/mol. The van der Waals surface area contributed by atoms with Crippen LogP contribution in [0.3, 0.4) is 0 Å². The molecule has 7 nitrogen and oxygen atoms in total. The fourth-order valence-corrected chi connectivity index (χ4v) is 3.31. The highest BCUT2D eigenvalue weighted by Crippen LogP contribution is 2.40. The summed E-state index contributed by atoms with van der Waals surface area (Å²) < 4.78 is 1.76. The molecule has 1 amide bonds. The predicted molar refractivity (Wildman–Crippen MR) is 101 cm³/mol. The molecule has 1 atom stereocenters. The second-order valence-electron chi connectivity index (χ2n) is 7.44. The number of carboxylic acids is 1. The number of hydrogen-bond acceptors (Lipinski definition) is 4. The molecule has 1 heterocycles. The van der Waals surface area contributed by atoms with Crippen molar-refractivity contribution in [1.82, 2.24) is 14.7 Å². The van der Waals surface area contributed by atoms with Crippen molar-refractivity contribution in [3.8, 4) is 5.69 Å². The fourth-order valence-electron chi connectivity index (χ4n) is 3.31. The molecule has 2 fully saturated rings. The third-order valence-electron chi connectivity index (χ3n) is 5.19. The number of aliphatic carboxylic acids is 1. The Labute approximate surface area is 158 Å². The zero-order valence-electron chi connectivity index (χ0n) is 15.3. The first-order valence-electron chi connectivity index (χ1n) is 9.46. The zero-order valence-corrected chi connectivity index (χ0v) is 15.3. The Bertz CT molecular complexity index is 840. The summed E-state index contributed by atoms with van der Waals surface area (Å²) in [5.74, 6) is -0.0121. The van der Waals surface area contributed by atoms with Crippen LogP contribution >= 0.6 is 0 Å². The summed E-state index contributed by atoms with van der Waals surface area (Å²) in [6, 6.07) is 11.1. The molecule has 1 unspecified atom stereocenters. The molecule has 2 aliphatic rings. The van der Waals surface area contributed by atoms with Gasteiger partial charge in [0.25, 0.3) is 0 Å². The van der Waals surface area contributed by atoms with Crippen molar-refractivity contribution in [3.63, 3.8) is 0 Å². The van der Waals surface area contributed by atoms with E-state index in [2.05, 4.69) is 10.4 Å². The van der Waals surface area contributed by atoms with E-state index in [4.69, 9.17) is 0 Å². The minimum atomic E-state index is -0.903. The first-order chi connectivity index (χ1) is 13.0. The second kappa shape index (κ2) is 7.15. The Hall–Kier alpha value is -2.67. The molecule has 7 heteroatoms. The highest BCUT2D eigenvalue weighted by atomic mass is 16.4. The number of carbonyl (C=O) groups excluding carboxylic acids is 1. The van der Waals surface area contributed by atoms with E-state index in [1.807, 2.05) is 36.4 Å². The number of nitrogens with zero attached hydrogens (tertiary/aromatic N) is 3. The molecule has 142 valence electrons. The molecule has 0 aliphatic heterocycles. The van der Waals surface area contributed by atoms with Crippen molar-refractivity contribution >= 4 is 17.7 Å². The van der Waals surface area contributed by atoms with Crippen molar-refractivity contribution < 1.29 is 14.7 Å². The number of carbonyl (C=O) groups is 2. The monoisotopic (exact) mass is 368 g/mol. The summed E-state index contributed by atoms with van der Waals surface area (Å²) in [6.07, 6.45) is 4.15. The average Bonchev–Trinajstić information content (AvgIpc) is 3.58. The van der Waals surface area contributed by atoms with Gasteiger partial charge in [-0.05, 0) is 44.7 Å². The van der Waals surface area contributed by atoms with Gasteiger partial charge in [-0.15, -0.1) is 0 Å². The van der Waals surface area contributed by atoms with E-state index in [1.165, 1.54) is 0 Å². The SMILES string of the molecule is CC(C(=O)O)N(CC(=O)Nc1cc(C2CC2)nn1-c1ccccc1)C1CC1. The normalized spacial score (nSPS) is 17.7. The number of carboxylic acid groups (broad SMARTS) is 1. The maximum atomic E-state index is 12.7. The molecule has 0 spiro atoms. The van der Waals surface area contributed by atoms with Crippen LogP contribution in [0.15, 0.2) is 36.4 Å². The van der Waals surface area contributed by atoms with Crippen molar-refractivity contribution in [2.75, 3.05) is 11.9 Å². The largest absolute Gasteiger partial charge is 0.480 e. The highest BCUT2D eigenvalue weighted by molar-refractivity contribution is 5.92. The Morgan fingerprint density at radius 2 is 1.96 bits per heavy atom. The van der Waals surface area contributed by atoms with Crippen molar-refractivity contribution in [2.24, 2.45) is 0 Å². The lowest BCUT2D eigenvalue weighted by molar-refractivity contribution is -0.143. The number of aromatic nitrogens is 2. The molecule has 2 saturated carbocycles. The van der Waals surface area contributed by atoms with Crippen LogP contribution in [0.4, 0.5) is 5.82 Å². The predicted octanol–water partition coefficient (Wildman–Crippen LogP) is 2.63. The molecule has 27 heavy (non-hydrogen) atoms. The topological polar surface area (TPSA) is 87.5 Å². The van der Waals surface area contributed by atoms with E-state index in [1.54, 1.807) is 16.5 Å². The van der Waals surface area contributed by atoms with Gasteiger partial charge in [0, 0.05) is 18.0 Å². The van der Waals surface area contributed by atoms with Gasteiger partial charge in [0.15, 0.2) is 0 Å². The van der Waals surface area contributed by atoms with Crippen LogP contribution < -0.4 is 5.32 Å². The second-order valence-corrected chi connectivity index (χ2v) is 7.44. The van der Waals surface area contributed by atoms with Gasteiger partial charge in [0.05, 0.1) is 17.9 Å². The lowest BCUT2D eigenvalue weighted by Gasteiger charge is -2.25. The minimum absolute atomic E-state index is 0.0663. The number of rotatable bonds is 8. The third kappa shape index (κ3) is 4.03. The van der Waals surface area contributed by atoms with Crippen LogP contribution in [0.2, 0.25) is 0 Å². The maximum absolute atomic E-state index is 12.7. The quantitative estimate of drug-likeness (QED) is 0.748. The van der Waals surface area contributed by atoms with E-state index in [-0.39, 0.29) is 18.5 Å². The minimum Gasteiger partial charge on any atom is -0.480 e. The number of anilines is 1. The van der Waals surface area contributed by atoms with Crippen LogP contribution in [0.25, 0.3) is 5.69 Å². The zero-order chi connectivity index (χ0) is 19.0. The van der Waals surface area contributed by atoms with Gasteiger partial charge in [-0.1, -0.05) is 18.2 Å². The van der Waals surface area contributed by atoms with Crippen LogP contribution in [0.1, 0.15) is 44.2 Å². The summed E-state index contributed by atoms with van der Waals surface area (Å²) in [5, 5.41) is 16.9. The van der Waals surface area contributed by atoms with E-state index >= 15 is 0 Å². The molecule has 1 aromatic carbocycles. The smallest absolute Gasteiger partial charge is 0.320 e. The molecule has 0 radical (unpaired) electrons. The van der Waals surface area contributed by atoms with Gasteiger partial charge in [-0.25, -0.2) is 4.68 Å². The summed E-state index contributed by atoms with van der Waals surface area (Å²) in [7, 11) is 0. The Balaban J connectivity index is 1.53. The van der Waals surface area contributed by atoms with E-state index in [9.17, 15) is 14.7 Å². The lowest BCUT2D eigenvalue weighted by Crippen LogP contribution is -2.45. The van der Waals surface area contributed by atoms with E-state index in [0.29, 0.717) is 11.7 Å². The van der Waals surface area contributed by atoms with Crippen molar-refractivity contribution in [3.05, 3.63) is 42.1 Å². The summed E-state index contributed by atoms with van der Waals surface area (Å²) in [5.41, 5.74) is 1.88. The molecule has 0 saturated heterocycles. The summed E-state index contributed by atoms with van der Waals surface area (Å²) in [6.45, 7) is 1.70. The van der Waals surface area contributed by atoms with Crippen molar-refractivity contribution in [2.45, 2.75) is 50.6 Å². The number of amides is 1. The molecule has 2 aliphatic carbocycles. The first kappa shape index (κ1) is 17.7. The number of hydrogen-bond donors (Lipinski definition) is 2. The molecular formula is C20H24N4O3. The van der Waals surface area contributed by atoms with Crippen LogP contribution in [0, 0.1) is 0 Å². The molecule has 0 bridgehead atoms. The third-order valence-corrected chi connectivity index (χ3v) is 5.19. The Morgan fingerprint density at radius 1 is 1.26 bits per heavy atom. The van der Waals surface area contributed by atoms with Gasteiger partial charge in [0.1, 0.15) is 11.9 Å². The molecule has 1 aromatic heterocycles. The Morgan fingerprint density at radius 3 is 2.56 bits per heavy atom. The summed E-state index contributed by atoms with van der Waals surface area (Å²) in [4.78, 5) is 25.8. The molecule has 2 aromatic rings. The molecule has 2 N–H and O–H groups in total. The first-order valence-corrected chi connectivity index (χ1v) is 9.46. The number of para-hydroxylation sites is 1.